The number of aryl methyl sites for hydroxylation is 1. The molecule has 0 saturated heterocycles. The van der Waals surface area contributed by atoms with E-state index in [1.165, 1.54) is 11.3 Å². The van der Waals surface area contributed by atoms with Crippen LogP contribution in [-0.4, -0.2) is 20.4 Å². The highest BCUT2D eigenvalue weighted by Crippen LogP contribution is 2.30. The lowest BCUT2D eigenvalue weighted by Gasteiger charge is -2.05. The van der Waals surface area contributed by atoms with E-state index in [1.54, 1.807) is 24.4 Å². The van der Waals surface area contributed by atoms with E-state index in [0.29, 0.717) is 10.8 Å². The minimum atomic E-state index is -0.256. The lowest BCUT2D eigenvalue weighted by atomic mass is 10.2. The third kappa shape index (κ3) is 3.14. The standard InChI is InChI=1S/C18H18N4OS/c1-4-9-22-12(2)10-14(13(22)3)16-11-24-18(20-16)21-17(23)15-7-5-6-8-19-15/h4-8,10-11H,1,9H2,2-3H3,(H,20,21,23). The van der Waals surface area contributed by atoms with Crippen molar-refractivity contribution in [1.82, 2.24) is 14.5 Å². The van der Waals surface area contributed by atoms with Crippen LogP contribution >= 0.6 is 11.3 Å². The minimum absolute atomic E-state index is 0.256. The average Bonchev–Trinajstić information content (AvgIpc) is 3.15. The third-order valence-electron chi connectivity index (χ3n) is 3.78. The lowest BCUT2D eigenvalue weighted by Crippen LogP contribution is -2.13. The molecule has 0 fully saturated rings. The third-order valence-corrected chi connectivity index (χ3v) is 4.54. The summed E-state index contributed by atoms with van der Waals surface area (Å²) in [4.78, 5) is 20.7. The van der Waals surface area contributed by atoms with Gasteiger partial charge < -0.3 is 4.57 Å². The average molecular weight is 338 g/mol. The second kappa shape index (κ2) is 6.80. The first-order valence-electron chi connectivity index (χ1n) is 7.56. The molecule has 3 rings (SSSR count). The molecule has 0 aliphatic carbocycles. The molecule has 0 aliphatic rings. The van der Waals surface area contributed by atoms with Gasteiger partial charge in [-0.3, -0.25) is 15.1 Å². The van der Waals surface area contributed by atoms with Crippen LogP contribution in [-0.2, 0) is 6.54 Å². The molecule has 0 bridgehead atoms. The number of hydrogen-bond donors (Lipinski definition) is 1. The Labute approximate surface area is 144 Å². The maximum absolute atomic E-state index is 12.1. The highest BCUT2D eigenvalue weighted by atomic mass is 32.1. The van der Waals surface area contributed by atoms with Gasteiger partial charge in [0.2, 0.25) is 0 Å². The van der Waals surface area contributed by atoms with E-state index in [4.69, 9.17) is 0 Å². The van der Waals surface area contributed by atoms with E-state index in [2.05, 4.69) is 46.3 Å². The van der Waals surface area contributed by atoms with Crippen molar-refractivity contribution in [3.63, 3.8) is 0 Å². The predicted octanol–water partition coefficient (Wildman–Crippen LogP) is 4.06. The van der Waals surface area contributed by atoms with E-state index in [9.17, 15) is 4.79 Å². The summed E-state index contributed by atoms with van der Waals surface area (Å²) in [6.07, 6.45) is 3.47. The molecule has 24 heavy (non-hydrogen) atoms. The maximum atomic E-state index is 12.1. The Hall–Kier alpha value is -2.73. The highest BCUT2D eigenvalue weighted by Gasteiger charge is 2.14. The number of pyridine rings is 1. The summed E-state index contributed by atoms with van der Waals surface area (Å²) in [7, 11) is 0. The fraction of sp³-hybridized carbons (Fsp3) is 0.167. The van der Waals surface area contributed by atoms with Crippen LogP contribution in [0.3, 0.4) is 0 Å². The number of carbonyl (C=O) groups is 1. The topological polar surface area (TPSA) is 59.8 Å². The van der Waals surface area contributed by atoms with Gasteiger partial charge in [-0.25, -0.2) is 4.98 Å². The molecule has 0 unspecified atom stereocenters. The molecule has 1 amide bonds. The predicted molar refractivity (Wildman–Crippen MR) is 97.4 cm³/mol. The number of hydrogen-bond acceptors (Lipinski definition) is 4. The SMILES string of the molecule is C=CCn1c(C)cc(-c2csc(NC(=O)c3ccccn3)n2)c1C. The molecule has 0 saturated carbocycles. The van der Waals surface area contributed by atoms with Crippen LogP contribution in [0.2, 0.25) is 0 Å². The summed E-state index contributed by atoms with van der Waals surface area (Å²) in [5, 5.41) is 5.31. The number of nitrogens with zero attached hydrogens (tertiary/aromatic N) is 3. The number of amides is 1. The zero-order valence-corrected chi connectivity index (χ0v) is 14.4. The van der Waals surface area contributed by atoms with Crippen molar-refractivity contribution >= 4 is 22.4 Å². The summed E-state index contributed by atoms with van der Waals surface area (Å²) in [5.41, 5.74) is 4.61. The molecule has 0 radical (unpaired) electrons. The van der Waals surface area contributed by atoms with Gasteiger partial charge in [0.15, 0.2) is 5.13 Å². The Morgan fingerprint density at radius 3 is 2.96 bits per heavy atom. The first-order valence-corrected chi connectivity index (χ1v) is 8.44. The fourth-order valence-electron chi connectivity index (χ4n) is 2.58. The normalized spacial score (nSPS) is 10.6. The number of allylic oxidation sites excluding steroid dienone is 1. The van der Waals surface area contributed by atoms with Gasteiger partial charge in [0, 0.05) is 35.1 Å². The maximum Gasteiger partial charge on any atom is 0.276 e. The molecule has 0 atom stereocenters. The fourth-order valence-corrected chi connectivity index (χ4v) is 3.29. The lowest BCUT2D eigenvalue weighted by molar-refractivity contribution is 0.102. The van der Waals surface area contributed by atoms with Crippen LogP contribution in [0.5, 0.6) is 0 Å². The Morgan fingerprint density at radius 1 is 1.42 bits per heavy atom. The van der Waals surface area contributed by atoms with Gasteiger partial charge in [-0.2, -0.15) is 0 Å². The molecule has 1 N–H and O–H groups in total. The number of nitrogens with one attached hydrogen (secondary N) is 1. The van der Waals surface area contributed by atoms with Crippen molar-refractivity contribution in [2.45, 2.75) is 20.4 Å². The number of rotatable bonds is 5. The molecule has 6 heteroatoms. The van der Waals surface area contributed by atoms with Crippen LogP contribution in [0, 0.1) is 13.8 Å². The minimum Gasteiger partial charge on any atom is -0.345 e. The van der Waals surface area contributed by atoms with Crippen molar-refractivity contribution in [3.8, 4) is 11.3 Å². The summed E-state index contributed by atoms with van der Waals surface area (Å²) in [6, 6.07) is 7.34. The van der Waals surface area contributed by atoms with Crippen LogP contribution in [0.25, 0.3) is 11.3 Å². The van der Waals surface area contributed by atoms with E-state index in [1.807, 2.05) is 11.5 Å². The number of aromatic nitrogens is 3. The smallest absolute Gasteiger partial charge is 0.276 e. The van der Waals surface area contributed by atoms with E-state index < -0.39 is 0 Å². The van der Waals surface area contributed by atoms with Crippen molar-refractivity contribution < 1.29 is 4.79 Å². The zero-order chi connectivity index (χ0) is 17.1. The highest BCUT2D eigenvalue weighted by molar-refractivity contribution is 7.14. The van der Waals surface area contributed by atoms with Crippen LogP contribution in [0.4, 0.5) is 5.13 Å². The Bertz CT molecular complexity index is 880. The molecule has 0 aromatic carbocycles. The van der Waals surface area contributed by atoms with E-state index in [0.717, 1.165) is 29.2 Å². The molecule has 0 spiro atoms. The quantitative estimate of drug-likeness (QED) is 0.714. The molecule has 5 nitrogen and oxygen atoms in total. The molecular formula is C18H18N4OS. The van der Waals surface area contributed by atoms with Crippen LogP contribution in [0.15, 0.2) is 48.5 Å². The largest absolute Gasteiger partial charge is 0.345 e. The van der Waals surface area contributed by atoms with Gasteiger partial charge in [0.1, 0.15) is 5.69 Å². The summed E-state index contributed by atoms with van der Waals surface area (Å²) in [5.74, 6) is -0.256. The Kier molecular flexibility index (Phi) is 4.57. The van der Waals surface area contributed by atoms with Crippen molar-refractivity contribution in [1.29, 1.82) is 0 Å². The molecule has 3 aromatic rings. The molecule has 3 aromatic heterocycles. The Balaban J connectivity index is 1.82. The monoisotopic (exact) mass is 338 g/mol. The van der Waals surface area contributed by atoms with Gasteiger partial charge >= 0.3 is 0 Å². The van der Waals surface area contributed by atoms with Gasteiger partial charge in [-0.15, -0.1) is 17.9 Å². The van der Waals surface area contributed by atoms with E-state index in [-0.39, 0.29) is 5.91 Å². The van der Waals surface area contributed by atoms with Gasteiger partial charge in [0.05, 0.1) is 5.69 Å². The van der Waals surface area contributed by atoms with Crippen molar-refractivity contribution in [2.75, 3.05) is 5.32 Å². The summed E-state index contributed by atoms with van der Waals surface area (Å²) >= 11 is 1.40. The zero-order valence-electron chi connectivity index (χ0n) is 13.6. The first kappa shape index (κ1) is 16.1. The number of anilines is 1. The molecule has 3 heterocycles. The second-order valence-corrected chi connectivity index (χ2v) is 6.25. The molecule has 122 valence electrons. The van der Waals surface area contributed by atoms with Crippen LogP contribution < -0.4 is 5.32 Å². The first-order chi connectivity index (χ1) is 11.6. The van der Waals surface area contributed by atoms with Gasteiger partial charge in [0.25, 0.3) is 5.91 Å². The van der Waals surface area contributed by atoms with Gasteiger partial charge in [-0.1, -0.05) is 12.1 Å². The second-order valence-electron chi connectivity index (χ2n) is 5.39. The summed E-state index contributed by atoms with van der Waals surface area (Å²) < 4.78 is 2.19. The van der Waals surface area contributed by atoms with Crippen molar-refractivity contribution in [3.05, 3.63) is 65.6 Å². The summed E-state index contributed by atoms with van der Waals surface area (Å²) in [6.45, 7) is 8.70. The van der Waals surface area contributed by atoms with E-state index >= 15 is 0 Å². The van der Waals surface area contributed by atoms with Gasteiger partial charge in [-0.05, 0) is 32.0 Å². The van der Waals surface area contributed by atoms with Crippen LogP contribution in [0.1, 0.15) is 21.9 Å². The molecular weight excluding hydrogens is 320 g/mol. The Morgan fingerprint density at radius 2 is 2.25 bits per heavy atom. The molecule has 0 aliphatic heterocycles. The number of thiazole rings is 1. The number of carbonyl (C=O) groups excluding carboxylic acids is 1. The van der Waals surface area contributed by atoms with Crippen molar-refractivity contribution in [2.24, 2.45) is 0 Å².